The van der Waals surface area contributed by atoms with Crippen LogP contribution in [0.3, 0.4) is 0 Å². The Kier molecular flexibility index (Phi) is 7.65. The van der Waals surface area contributed by atoms with E-state index in [0.29, 0.717) is 31.8 Å². The summed E-state index contributed by atoms with van der Waals surface area (Å²) in [6.45, 7) is 1.08. The van der Waals surface area contributed by atoms with Crippen molar-refractivity contribution in [3.8, 4) is 0 Å². The maximum atomic E-state index is 12.2. The smallest absolute Gasteiger partial charge is 0.240 e. The molecule has 0 spiro atoms. The molecule has 0 bridgehead atoms. The van der Waals surface area contributed by atoms with Crippen molar-refractivity contribution < 1.29 is 9.59 Å². The van der Waals surface area contributed by atoms with Gasteiger partial charge < -0.3 is 28.3 Å². The van der Waals surface area contributed by atoms with E-state index in [9.17, 15) is 9.59 Å². The highest BCUT2D eigenvalue weighted by Gasteiger charge is 2.28. The fourth-order valence-electron chi connectivity index (χ4n) is 2.74. The number of carbonyl (C=O) groups is 2. The van der Waals surface area contributed by atoms with Crippen LogP contribution in [-0.2, 0) is 9.59 Å². The van der Waals surface area contributed by atoms with Crippen LogP contribution in [0.15, 0.2) is 4.99 Å². The number of guanidine groups is 1. The summed E-state index contributed by atoms with van der Waals surface area (Å²) in [6.07, 6.45) is 4.54. The number of aliphatic imine (C=N–C) groups is 1. The summed E-state index contributed by atoms with van der Waals surface area (Å²) >= 11 is 0. The average Bonchev–Trinajstić information content (AvgIpc) is 2.49. The zero-order valence-corrected chi connectivity index (χ0v) is 13.0. The summed E-state index contributed by atoms with van der Waals surface area (Å²) in [4.78, 5) is 27.5. The first kappa shape index (κ1) is 18.2. The first-order valence-electron chi connectivity index (χ1n) is 7.79. The molecule has 8 nitrogen and oxygen atoms in total. The second-order valence-electron chi connectivity index (χ2n) is 5.87. The first-order chi connectivity index (χ1) is 10.4. The maximum Gasteiger partial charge on any atom is 0.240 e. The average molecular weight is 312 g/mol. The van der Waals surface area contributed by atoms with Crippen molar-refractivity contribution in [1.29, 1.82) is 0 Å². The summed E-state index contributed by atoms with van der Waals surface area (Å²) in [5, 5.41) is 2.75. The topological polar surface area (TPSA) is 163 Å². The van der Waals surface area contributed by atoms with Crippen LogP contribution in [0.5, 0.6) is 0 Å². The molecule has 2 amide bonds. The number of rotatable bonds is 8. The van der Waals surface area contributed by atoms with Crippen molar-refractivity contribution in [2.75, 3.05) is 13.1 Å². The highest BCUT2D eigenvalue weighted by molar-refractivity contribution is 5.87. The van der Waals surface area contributed by atoms with E-state index in [2.05, 4.69) is 10.3 Å². The Labute approximate surface area is 131 Å². The molecule has 1 fully saturated rings. The van der Waals surface area contributed by atoms with Gasteiger partial charge in [-0.05, 0) is 51.0 Å². The lowest BCUT2D eigenvalue weighted by atomic mass is 9.81. The molecule has 0 unspecified atom stereocenters. The van der Waals surface area contributed by atoms with Crippen molar-refractivity contribution in [1.82, 2.24) is 5.32 Å². The van der Waals surface area contributed by atoms with Crippen LogP contribution in [-0.4, -0.2) is 36.9 Å². The van der Waals surface area contributed by atoms with Crippen LogP contribution < -0.4 is 28.3 Å². The normalized spacial score (nSPS) is 22.6. The van der Waals surface area contributed by atoms with Gasteiger partial charge in [-0.2, -0.15) is 0 Å². The Hall–Kier alpha value is -1.83. The van der Waals surface area contributed by atoms with Gasteiger partial charge in [-0.25, -0.2) is 0 Å². The predicted octanol–water partition coefficient (Wildman–Crippen LogP) is -1.22. The third-order valence-corrected chi connectivity index (χ3v) is 4.16. The Balaban J connectivity index is 2.40. The Morgan fingerprint density at radius 1 is 1.14 bits per heavy atom. The molecule has 1 aliphatic carbocycles. The molecule has 8 heteroatoms. The molecular formula is C14H28N6O2. The van der Waals surface area contributed by atoms with Crippen LogP contribution in [0, 0.1) is 11.8 Å². The Morgan fingerprint density at radius 2 is 1.77 bits per heavy atom. The van der Waals surface area contributed by atoms with Gasteiger partial charge in [-0.15, -0.1) is 0 Å². The van der Waals surface area contributed by atoms with Gasteiger partial charge >= 0.3 is 0 Å². The third-order valence-electron chi connectivity index (χ3n) is 4.16. The highest BCUT2D eigenvalue weighted by Crippen LogP contribution is 2.28. The van der Waals surface area contributed by atoms with Crippen LogP contribution >= 0.6 is 0 Å². The minimum absolute atomic E-state index is 0.0105. The molecule has 126 valence electrons. The number of amides is 2. The van der Waals surface area contributed by atoms with Crippen molar-refractivity contribution >= 4 is 17.8 Å². The summed E-state index contributed by atoms with van der Waals surface area (Å²) in [5.41, 5.74) is 21.4. The third kappa shape index (κ3) is 6.30. The van der Waals surface area contributed by atoms with Gasteiger partial charge in [0.25, 0.3) is 0 Å². The molecule has 1 atom stereocenters. The summed E-state index contributed by atoms with van der Waals surface area (Å²) in [6, 6.07) is -0.672. The zero-order chi connectivity index (χ0) is 16.5. The van der Waals surface area contributed by atoms with E-state index in [0.717, 1.165) is 25.7 Å². The van der Waals surface area contributed by atoms with Gasteiger partial charge in [0.05, 0.1) is 0 Å². The van der Waals surface area contributed by atoms with Crippen LogP contribution in [0.2, 0.25) is 0 Å². The molecule has 22 heavy (non-hydrogen) atoms. The second kappa shape index (κ2) is 9.24. The van der Waals surface area contributed by atoms with Gasteiger partial charge in [0.2, 0.25) is 11.8 Å². The zero-order valence-electron chi connectivity index (χ0n) is 13.0. The quantitative estimate of drug-likeness (QED) is 0.215. The highest BCUT2D eigenvalue weighted by atomic mass is 16.2. The van der Waals surface area contributed by atoms with Crippen LogP contribution in [0.4, 0.5) is 0 Å². The largest absolute Gasteiger partial charge is 0.370 e. The Morgan fingerprint density at radius 3 is 2.27 bits per heavy atom. The summed E-state index contributed by atoms with van der Waals surface area (Å²) in [5.74, 6) is -0.163. The number of hydrogen-bond acceptors (Lipinski definition) is 4. The molecule has 1 rings (SSSR count). The van der Waals surface area contributed by atoms with Crippen LogP contribution in [0.25, 0.3) is 0 Å². The number of carbonyl (C=O) groups excluding carboxylic acids is 2. The fraction of sp³-hybridized carbons (Fsp3) is 0.786. The van der Waals surface area contributed by atoms with Gasteiger partial charge in [0, 0.05) is 12.5 Å². The molecule has 1 saturated carbocycles. The maximum absolute atomic E-state index is 12.2. The number of nitrogens with one attached hydrogen (secondary N) is 1. The van der Waals surface area contributed by atoms with E-state index < -0.39 is 11.9 Å². The van der Waals surface area contributed by atoms with Crippen molar-refractivity contribution in [3.05, 3.63) is 0 Å². The van der Waals surface area contributed by atoms with Gasteiger partial charge in [-0.1, -0.05) is 0 Å². The lowest BCUT2D eigenvalue weighted by Crippen LogP contribution is -2.47. The molecule has 9 N–H and O–H groups in total. The molecule has 0 heterocycles. The SMILES string of the molecule is NCC1CCC(C(=O)N[C@@H](CCCN=C(N)N)C(N)=O)CC1. The minimum Gasteiger partial charge on any atom is -0.370 e. The number of nitrogens with two attached hydrogens (primary N) is 4. The van der Waals surface area contributed by atoms with Crippen molar-refractivity contribution in [2.45, 2.75) is 44.6 Å². The monoisotopic (exact) mass is 312 g/mol. The Bertz CT molecular complexity index is 400. The van der Waals surface area contributed by atoms with E-state index in [-0.39, 0.29) is 17.8 Å². The summed E-state index contributed by atoms with van der Waals surface area (Å²) < 4.78 is 0. The van der Waals surface area contributed by atoms with Gasteiger partial charge in [-0.3, -0.25) is 14.6 Å². The second-order valence-corrected chi connectivity index (χ2v) is 5.87. The standard InChI is InChI=1S/C14H28N6O2/c15-8-9-3-5-10(6-4-9)13(22)20-11(12(16)21)2-1-7-19-14(17)18/h9-11H,1-8,15H2,(H2,16,21)(H,20,22)(H4,17,18,19)/t9?,10?,11-/m0/s1. The van der Waals surface area contributed by atoms with Crippen LogP contribution in [0.1, 0.15) is 38.5 Å². The lowest BCUT2D eigenvalue weighted by molar-refractivity contribution is -0.131. The van der Waals surface area contributed by atoms with E-state index >= 15 is 0 Å². The number of hydrogen-bond donors (Lipinski definition) is 5. The molecule has 0 aromatic rings. The molecule has 1 aliphatic rings. The molecule has 0 saturated heterocycles. The summed E-state index contributed by atoms with van der Waals surface area (Å²) in [7, 11) is 0. The van der Waals surface area contributed by atoms with E-state index in [4.69, 9.17) is 22.9 Å². The van der Waals surface area contributed by atoms with Gasteiger partial charge in [0.1, 0.15) is 6.04 Å². The van der Waals surface area contributed by atoms with Gasteiger partial charge in [0.15, 0.2) is 5.96 Å². The number of primary amides is 1. The first-order valence-corrected chi connectivity index (χ1v) is 7.79. The molecule has 0 aromatic heterocycles. The van der Waals surface area contributed by atoms with Crippen molar-refractivity contribution in [2.24, 2.45) is 39.8 Å². The lowest BCUT2D eigenvalue weighted by Gasteiger charge is -2.28. The van der Waals surface area contributed by atoms with Crippen molar-refractivity contribution in [3.63, 3.8) is 0 Å². The number of nitrogens with zero attached hydrogens (tertiary/aromatic N) is 1. The molecule has 0 aromatic carbocycles. The molecule has 0 aliphatic heterocycles. The van der Waals surface area contributed by atoms with E-state index in [1.54, 1.807) is 0 Å². The minimum atomic E-state index is -0.672. The molecule has 0 radical (unpaired) electrons. The predicted molar refractivity (Wildman–Crippen MR) is 85.5 cm³/mol. The van der Waals surface area contributed by atoms with E-state index in [1.807, 2.05) is 0 Å². The fourth-order valence-corrected chi connectivity index (χ4v) is 2.74. The van der Waals surface area contributed by atoms with E-state index in [1.165, 1.54) is 0 Å². The molecular weight excluding hydrogens is 284 g/mol.